The number of nitrogen functional groups attached to an aromatic ring is 2. The molecule has 0 atom stereocenters. The van der Waals surface area contributed by atoms with Crippen molar-refractivity contribution in [3.63, 3.8) is 0 Å². The Hall–Kier alpha value is -4.05. The predicted octanol–water partition coefficient (Wildman–Crippen LogP) is 4.69. The largest absolute Gasteiger partial charge is 0.759 e. The topological polar surface area (TPSA) is 156 Å². The maximum absolute atomic E-state index is 8.52. The summed E-state index contributed by atoms with van der Waals surface area (Å²) in [6.45, 7) is 0. The molecule has 4 aromatic rings. The van der Waals surface area contributed by atoms with Gasteiger partial charge < -0.3 is 31.2 Å². The van der Waals surface area contributed by atoms with Crippen LogP contribution in [0.2, 0.25) is 0 Å². The molecule has 0 unspecified atom stereocenters. The molecule has 0 heterocycles. The smallest absolute Gasteiger partial charge is 0.0385 e. The third-order valence-electron chi connectivity index (χ3n) is 3.95. The van der Waals surface area contributed by atoms with Gasteiger partial charge in [-0.05, 0) is 72.8 Å². The van der Waals surface area contributed by atoms with Gasteiger partial charge in [-0.3, -0.25) is 8.42 Å². The number of nitrogens with two attached hydrogens (primary N) is 2. The number of benzene rings is 4. The molecule has 4 aromatic carbocycles. The molecule has 4 rings (SSSR count). The van der Waals surface area contributed by atoms with Crippen LogP contribution in [-0.2, 0) is 10.4 Å². The van der Waals surface area contributed by atoms with Gasteiger partial charge in [-0.2, -0.15) is 0 Å². The van der Waals surface area contributed by atoms with Crippen LogP contribution >= 0.6 is 0 Å². The average Bonchev–Trinajstić information content (AvgIpc) is 2.78. The van der Waals surface area contributed by atoms with Crippen molar-refractivity contribution in [3.8, 4) is 0 Å². The van der Waals surface area contributed by atoms with Crippen molar-refractivity contribution in [2.24, 2.45) is 0 Å². The van der Waals surface area contributed by atoms with Gasteiger partial charge in [0, 0.05) is 44.5 Å². The number of nitrogens with one attached hydrogen (secondary N) is 2. The summed E-state index contributed by atoms with van der Waals surface area (Å²) < 4.78 is 34.1. The first-order valence-electron chi connectivity index (χ1n) is 9.71. The second-order valence-electron chi connectivity index (χ2n) is 6.63. The third-order valence-corrected chi connectivity index (χ3v) is 3.95. The molecule has 0 fully saturated rings. The fraction of sp³-hybridized carbons (Fsp3) is 0. The van der Waals surface area contributed by atoms with Crippen molar-refractivity contribution in [3.05, 3.63) is 109 Å². The molecule has 0 saturated carbocycles. The van der Waals surface area contributed by atoms with Gasteiger partial charge in [0.1, 0.15) is 0 Å². The third kappa shape index (κ3) is 11.8. The molecule has 9 heteroatoms. The molecule has 0 aliphatic heterocycles. The summed E-state index contributed by atoms with van der Waals surface area (Å²) in [7, 11) is -5.17. The first-order chi connectivity index (χ1) is 15.7. The Morgan fingerprint density at radius 1 is 0.485 bits per heavy atom. The van der Waals surface area contributed by atoms with E-state index in [1.807, 2.05) is 109 Å². The summed E-state index contributed by atoms with van der Waals surface area (Å²) in [4.78, 5) is 0. The summed E-state index contributed by atoms with van der Waals surface area (Å²) in [5.74, 6) is 0. The van der Waals surface area contributed by atoms with E-state index < -0.39 is 10.4 Å². The minimum absolute atomic E-state index is 0.781. The Labute approximate surface area is 193 Å². The standard InChI is InChI=1S/2C12H12N2.H2O4S/c2*13-10-6-8-12(9-7-10)14-11-4-2-1-3-5-11;1-5(2,3)4/h2*1-9,14H,13H2;(H2,1,2,3,4)/p-2. The van der Waals surface area contributed by atoms with E-state index in [-0.39, 0.29) is 0 Å². The van der Waals surface area contributed by atoms with Crippen molar-refractivity contribution in [1.82, 2.24) is 0 Å². The van der Waals surface area contributed by atoms with E-state index in [0.29, 0.717) is 0 Å². The van der Waals surface area contributed by atoms with Crippen LogP contribution in [0.3, 0.4) is 0 Å². The van der Waals surface area contributed by atoms with Crippen LogP contribution in [0.4, 0.5) is 34.1 Å². The molecular weight excluding hydrogens is 440 g/mol. The second kappa shape index (κ2) is 12.7. The van der Waals surface area contributed by atoms with Crippen LogP contribution in [0.5, 0.6) is 0 Å². The molecule has 0 amide bonds. The van der Waals surface area contributed by atoms with Crippen LogP contribution in [0.15, 0.2) is 109 Å². The molecule has 0 aliphatic carbocycles. The van der Waals surface area contributed by atoms with E-state index in [1.165, 1.54) is 0 Å². The van der Waals surface area contributed by atoms with Crippen LogP contribution in [-0.4, -0.2) is 17.5 Å². The fourth-order valence-electron chi connectivity index (χ4n) is 2.51. The predicted molar refractivity (Wildman–Crippen MR) is 132 cm³/mol. The highest BCUT2D eigenvalue weighted by Crippen LogP contribution is 2.17. The van der Waals surface area contributed by atoms with E-state index in [2.05, 4.69) is 10.6 Å². The molecular formula is C24H24N4O4S-2. The zero-order valence-electron chi connectivity index (χ0n) is 17.6. The Balaban J connectivity index is 0.000000195. The van der Waals surface area contributed by atoms with Gasteiger partial charge in [-0.15, -0.1) is 0 Å². The molecule has 0 aliphatic rings. The highest BCUT2D eigenvalue weighted by Gasteiger charge is 1.93. The zero-order chi connectivity index (χ0) is 24.1. The van der Waals surface area contributed by atoms with E-state index in [9.17, 15) is 0 Å². The highest BCUT2D eigenvalue weighted by molar-refractivity contribution is 7.79. The van der Waals surface area contributed by atoms with Crippen molar-refractivity contribution >= 4 is 44.5 Å². The van der Waals surface area contributed by atoms with Gasteiger partial charge in [0.25, 0.3) is 0 Å². The van der Waals surface area contributed by atoms with Gasteiger partial charge in [-0.25, -0.2) is 0 Å². The first-order valence-corrected chi connectivity index (χ1v) is 11.0. The maximum Gasteiger partial charge on any atom is 0.0385 e. The van der Waals surface area contributed by atoms with Gasteiger partial charge in [0.15, 0.2) is 0 Å². The lowest BCUT2D eigenvalue weighted by molar-refractivity contribution is 0.352. The lowest BCUT2D eigenvalue weighted by Crippen LogP contribution is -1.91. The van der Waals surface area contributed by atoms with Gasteiger partial charge in [0.2, 0.25) is 0 Å². The van der Waals surface area contributed by atoms with Crippen molar-refractivity contribution in [1.29, 1.82) is 0 Å². The number of rotatable bonds is 4. The Morgan fingerprint density at radius 2 is 0.727 bits per heavy atom. The van der Waals surface area contributed by atoms with E-state index >= 15 is 0 Å². The Kier molecular flexibility index (Phi) is 9.72. The summed E-state index contributed by atoms with van der Waals surface area (Å²) in [5, 5.41) is 6.55. The fourth-order valence-corrected chi connectivity index (χ4v) is 2.51. The number of hydrogen-bond donors (Lipinski definition) is 4. The summed E-state index contributed by atoms with van der Waals surface area (Å²) in [5.41, 5.74) is 17.0. The first kappa shape index (κ1) is 25.2. The van der Waals surface area contributed by atoms with Crippen LogP contribution in [0.1, 0.15) is 0 Å². The van der Waals surface area contributed by atoms with Crippen molar-refractivity contribution < 1.29 is 17.5 Å². The number of para-hydroxylation sites is 2. The average molecular weight is 465 g/mol. The van der Waals surface area contributed by atoms with Crippen LogP contribution in [0, 0.1) is 0 Å². The summed E-state index contributed by atoms with van der Waals surface area (Å²) in [6.07, 6.45) is 0. The Bertz CT molecular complexity index is 1100. The highest BCUT2D eigenvalue weighted by atomic mass is 32.3. The quantitative estimate of drug-likeness (QED) is 0.192. The van der Waals surface area contributed by atoms with Crippen molar-refractivity contribution in [2.75, 3.05) is 22.1 Å². The lowest BCUT2D eigenvalue weighted by atomic mass is 10.2. The SMILES string of the molecule is Nc1ccc(Nc2ccccc2)cc1.Nc1ccc(Nc2ccccc2)cc1.O=S(=O)([O-])[O-]. The molecule has 8 nitrogen and oxygen atoms in total. The molecule has 6 N–H and O–H groups in total. The maximum atomic E-state index is 8.52. The molecule has 172 valence electrons. The molecule has 0 radical (unpaired) electrons. The van der Waals surface area contributed by atoms with E-state index in [0.717, 1.165) is 34.1 Å². The second-order valence-corrected chi connectivity index (χ2v) is 7.45. The van der Waals surface area contributed by atoms with E-state index in [4.69, 9.17) is 29.0 Å². The van der Waals surface area contributed by atoms with E-state index in [1.54, 1.807) is 0 Å². The van der Waals surface area contributed by atoms with Crippen LogP contribution in [0.25, 0.3) is 0 Å². The minimum Gasteiger partial charge on any atom is -0.759 e. The molecule has 33 heavy (non-hydrogen) atoms. The van der Waals surface area contributed by atoms with Gasteiger partial charge >= 0.3 is 0 Å². The van der Waals surface area contributed by atoms with Gasteiger partial charge in [-0.1, -0.05) is 36.4 Å². The number of hydrogen-bond acceptors (Lipinski definition) is 8. The normalized spacial score (nSPS) is 10.0. The molecule has 0 spiro atoms. The molecule has 0 bridgehead atoms. The minimum atomic E-state index is -5.17. The van der Waals surface area contributed by atoms with Crippen LogP contribution < -0.4 is 22.1 Å². The van der Waals surface area contributed by atoms with Crippen molar-refractivity contribution in [2.45, 2.75) is 0 Å². The molecule has 0 aromatic heterocycles. The Morgan fingerprint density at radius 3 is 1.00 bits per heavy atom. The number of anilines is 6. The molecule has 0 saturated heterocycles. The van der Waals surface area contributed by atoms with Gasteiger partial charge in [0.05, 0.1) is 0 Å². The monoisotopic (exact) mass is 464 g/mol. The summed E-state index contributed by atoms with van der Waals surface area (Å²) >= 11 is 0. The zero-order valence-corrected chi connectivity index (χ0v) is 18.4. The lowest BCUT2D eigenvalue weighted by Gasteiger charge is -2.06. The summed E-state index contributed by atoms with van der Waals surface area (Å²) in [6, 6.07) is 35.4.